The van der Waals surface area contributed by atoms with Gasteiger partial charge in [0.2, 0.25) is 5.91 Å². The van der Waals surface area contributed by atoms with E-state index in [-0.39, 0.29) is 24.9 Å². The number of carbonyl (C=O) groups excluding carboxylic acids is 3. The molecular formula is C24H29ClN4O4. The Morgan fingerprint density at radius 2 is 1.48 bits per heavy atom. The number of nitrogens with zero attached hydrogens (tertiary/aromatic N) is 3. The number of hydrogen-bond donors (Lipinski definition) is 2. The maximum atomic E-state index is 13.7. The van der Waals surface area contributed by atoms with Crippen molar-refractivity contribution in [2.24, 2.45) is 0 Å². The largest absolute Gasteiger partial charge is 0.392 e. The summed E-state index contributed by atoms with van der Waals surface area (Å²) >= 11 is 0. The summed E-state index contributed by atoms with van der Waals surface area (Å²) in [4.78, 5) is 44.3. The lowest BCUT2D eigenvalue weighted by molar-refractivity contribution is -0.139. The summed E-state index contributed by atoms with van der Waals surface area (Å²) in [5, 5.41) is 12.4. The van der Waals surface area contributed by atoms with Crippen molar-refractivity contribution in [1.29, 1.82) is 0 Å². The fraction of sp³-hybridized carbons (Fsp3) is 0.375. The highest BCUT2D eigenvalue weighted by atomic mass is 35.5. The van der Waals surface area contributed by atoms with Crippen molar-refractivity contribution in [2.75, 3.05) is 39.3 Å². The van der Waals surface area contributed by atoms with Gasteiger partial charge in [0.25, 0.3) is 5.91 Å². The van der Waals surface area contributed by atoms with Crippen LogP contribution >= 0.6 is 12.4 Å². The van der Waals surface area contributed by atoms with Gasteiger partial charge in [-0.15, -0.1) is 12.4 Å². The van der Waals surface area contributed by atoms with E-state index in [0.717, 1.165) is 4.90 Å². The van der Waals surface area contributed by atoms with Crippen LogP contribution < -0.4 is 5.32 Å². The van der Waals surface area contributed by atoms with Gasteiger partial charge >= 0.3 is 6.03 Å². The Morgan fingerprint density at radius 3 is 1.97 bits per heavy atom. The molecule has 2 fully saturated rings. The molecule has 33 heavy (non-hydrogen) atoms. The average molecular weight is 473 g/mol. The van der Waals surface area contributed by atoms with E-state index >= 15 is 0 Å². The van der Waals surface area contributed by atoms with Crippen molar-refractivity contribution in [3.05, 3.63) is 71.8 Å². The van der Waals surface area contributed by atoms with Gasteiger partial charge in [0.15, 0.2) is 5.54 Å². The predicted octanol–water partition coefficient (Wildman–Crippen LogP) is 1.43. The standard InChI is InChI=1S/C24H28N4O4.ClH/c1-18(29)16-26-12-14-27(15-13-26)21(30)17-28-22(31)24(25-23(28)32,19-8-4-2-5-9-19)20-10-6-3-7-11-20;/h2-11,18,29H,12-17H2,1H3,(H,25,32);1H. The number of β-amino-alcohol motifs (C(OH)–C–C–N with tert-alkyl or cyclic N) is 1. The molecule has 4 rings (SSSR count). The van der Waals surface area contributed by atoms with Crippen LogP contribution in [0.1, 0.15) is 18.1 Å². The maximum absolute atomic E-state index is 13.7. The third-order valence-electron chi connectivity index (χ3n) is 6.06. The zero-order chi connectivity index (χ0) is 22.7. The Balaban J connectivity index is 0.00000306. The topological polar surface area (TPSA) is 93.2 Å². The zero-order valence-electron chi connectivity index (χ0n) is 18.5. The second-order valence-corrected chi connectivity index (χ2v) is 8.33. The van der Waals surface area contributed by atoms with E-state index < -0.39 is 23.6 Å². The smallest absolute Gasteiger partial charge is 0.326 e. The minimum atomic E-state index is -1.37. The summed E-state index contributed by atoms with van der Waals surface area (Å²) in [7, 11) is 0. The molecule has 2 heterocycles. The van der Waals surface area contributed by atoms with Crippen LogP contribution in [0.5, 0.6) is 0 Å². The lowest BCUT2D eigenvalue weighted by atomic mass is 9.82. The van der Waals surface area contributed by atoms with Crippen molar-refractivity contribution >= 4 is 30.3 Å². The van der Waals surface area contributed by atoms with Crippen LogP contribution in [0.4, 0.5) is 4.79 Å². The maximum Gasteiger partial charge on any atom is 0.326 e. The SMILES string of the molecule is CC(O)CN1CCN(C(=O)CN2C(=O)NC(c3ccccc3)(c3ccccc3)C2=O)CC1.Cl. The third kappa shape index (κ3) is 4.88. The number of hydrogen-bond acceptors (Lipinski definition) is 5. The van der Waals surface area contributed by atoms with Gasteiger partial charge in [0.05, 0.1) is 6.10 Å². The summed E-state index contributed by atoms with van der Waals surface area (Å²) in [5.41, 5.74) is -0.0759. The van der Waals surface area contributed by atoms with Gasteiger partial charge in [-0.1, -0.05) is 60.7 Å². The Bertz CT molecular complexity index is 939. The molecule has 2 N–H and O–H groups in total. The zero-order valence-corrected chi connectivity index (χ0v) is 19.3. The predicted molar refractivity (Wildman–Crippen MR) is 126 cm³/mol. The highest BCUT2D eigenvalue weighted by Crippen LogP contribution is 2.35. The van der Waals surface area contributed by atoms with Crippen molar-refractivity contribution < 1.29 is 19.5 Å². The summed E-state index contributed by atoms with van der Waals surface area (Å²) < 4.78 is 0. The lowest BCUT2D eigenvalue weighted by Crippen LogP contribution is -2.53. The van der Waals surface area contributed by atoms with Gasteiger partial charge in [-0.2, -0.15) is 0 Å². The average Bonchev–Trinajstić information content (AvgIpc) is 3.06. The molecule has 2 aliphatic rings. The van der Waals surface area contributed by atoms with Gasteiger partial charge in [0, 0.05) is 32.7 Å². The van der Waals surface area contributed by atoms with Crippen LogP contribution in [0.2, 0.25) is 0 Å². The number of benzene rings is 2. The molecule has 0 spiro atoms. The Hall–Kier alpha value is -2.94. The number of aliphatic hydroxyl groups is 1. The molecular weight excluding hydrogens is 444 g/mol. The summed E-state index contributed by atoms with van der Waals surface area (Å²) in [5.74, 6) is -0.719. The first-order chi connectivity index (χ1) is 15.4. The number of piperazine rings is 1. The van der Waals surface area contributed by atoms with E-state index in [4.69, 9.17) is 0 Å². The number of nitrogens with one attached hydrogen (secondary N) is 1. The molecule has 8 nitrogen and oxygen atoms in total. The number of halogens is 1. The van der Waals surface area contributed by atoms with Crippen LogP contribution in [-0.4, -0.2) is 83.0 Å². The number of aliphatic hydroxyl groups excluding tert-OH is 1. The number of carbonyl (C=O) groups is 3. The Kier molecular flexibility index (Phi) is 7.73. The Morgan fingerprint density at radius 1 is 0.970 bits per heavy atom. The quantitative estimate of drug-likeness (QED) is 0.620. The summed E-state index contributed by atoms with van der Waals surface area (Å²) in [6.07, 6.45) is -0.424. The van der Waals surface area contributed by atoms with Gasteiger partial charge in [-0.05, 0) is 18.1 Å². The minimum absolute atomic E-state index is 0. The highest BCUT2D eigenvalue weighted by Gasteiger charge is 2.54. The summed E-state index contributed by atoms with van der Waals surface area (Å²) in [6, 6.07) is 17.6. The van der Waals surface area contributed by atoms with Crippen molar-refractivity contribution in [2.45, 2.75) is 18.6 Å². The molecule has 2 aliphatic heterocycles. The number of rotatable bonds is 6. The van der Waals surface area contributed by atoms with Gasteiger partial charge < -0.3 is 15.3 Å². The normalized spacial score (nSPS) is 19.1. The minimum Gasteiger partial charge on any atom is -0.392 e. The van der Waals surface area contributed by atoms with E-state index in [2.05, 4.69) is 10.2 Å². The molecule has 0 saturated carbocycles. The number of urea groups is 1. The fourth-order valence-corrected chi connectivity index (χ4v) is 4.44. The van der Waals surface area contributed by atoms with Crippen LogP contribution in [0.3, 0.4) is 0 Å². The molecule has 2 aromatic carbocycles. The van der Waals surface area contributed by atoms with Gasteiger partial charge in [-0.25, -0.2) is 4.79 Å². The highest BCUT2D eigenvalue weighted by molar-refractivity contribution is 6.11. The fourth-order valence-electron chi connectivity index (χ4n) is 4.44. The second kappa shape index (κ2) is 10.3. The Labute approximate surface area is 199 Å². The molecule has 9 heteroatoms. The molecule has 4 amide bonds. The van der Waals surface area contributed by atoms with Crippen LogP contribution in [0.25, 0.3) is 0 Å². The molecule has 1 unspecified atom stereocenters. The van der Waals surface area contributed by atoms with E-state index in [9.17, 15) is 19.5 Å². The van der Waals surface area contributed by atoms with Crippen LogP contribution in [0.15, 0.2) is 60.7 Å². The van der Waals surface area contributed by atoms with Gasteiger partial charge in [0.1, 0.15) is 6.54 Å². The molecule has 0 radical (unpaired) electrons. The van der Waals surface area contributed by atoms with Crippen molar-refractivity contribution in [3.8, 4) is 0 Å². The molecule has 2 saturated heterocycles. The monoisotopic (exact) mass is 472 g/mol. The molecule has 2 aromatic rings. The first-order valence-corrected chi connectivity index (χ1v) is 10.8. The first-order valence-electron chi connectivity index (χ1n) is 10.8. The molecule has 0 bridgehead atoms. The molecule has 0 aliphatic carbocycles. The van der Waals surface area contributed by atoms with Crippen molar-refractivity contribution in [1.82, 2.24) is 20.0 Å². The van der Waals surface area contributed by atoms with Crippen LogP contribution in [-0.2, 0) is 15.1 Å². The van der Waals surface area contributed by atoms with E-state index in [1.807, 2.05) is 36.4 Å². The van der Waals surface area contributed by atoms with E-state index in [1.165, 1.54) is 0 Å². The molecule has 176 valence electrons. The van der Waals surface area contributed by atoms with Gasteiger partial charge in [-0.3, -0.25) is 19.4 Å². The second-order valence-electron chi connectivity index (χ2n) is 8.33. The number of imide groups is 1. The van der Waals surface area contributed by atoms with E-state index in [0.29, 0.717) is 43.9 Å². The lowest BCUT2D eigenvalue weighted by Gasteiger charge is -2.35. The van der Waals surface area contributed by atoms with Crippen LogP contribution in [0, 0.1) is 0 Å². The summed E-state index contributed by atoms with van der Waals surface area (Å²) in [6.45, 7) is 4.29. The molecule has 1 atom stereocenters. The third-order valence-corrected chi connectivity index (χ3v) is 6.06. The molecule has 0 aromatic heterocycles. The number of amides is 4. The van der Waals surface area contributed by atoms with Crippen molar-refractivity contribution in [3.63, 3.8) is 0 Å². The van der Waals surface area contributed by atoms with E-state index in [1.54, 1.807) is 36.1 Å². The first kappa shape index (κ1) is 24.7.